The van der Waals surface area contributed by atoms with E-state index in [2.05, 4.69) is 5.32 Å². The predicted molar refractivity (Wildman–Crippen MR) is 71.8 cm³/mol. The van der Waals surface area contributed by atoms with E-state index in [1.807, 2.05) is 0 Å². The fourth-order valence-corrected chi connectivity index (χ4v) is 1.97. The molecule has 1 atom stereocenters. The molecule has 2 amide bonds. The van der Waals surface area contributed by atoms with Gasteiger partial charge in [0.15, 0.2) is 0 Å². The average Bonchev–Trinajstić information content (AvgIpc) is 2.33. The molecule has 0 spiro atoms. The van der Waals surface area contributed by atoms with E-state index in [9.17, 15) is 14.4 Å². The highest BCUT2D eigenvalue weighted by Crippen LogP contribution is 2.03. The Bertz CT molecular complexity index is 311. The van der Waals surface area contributed by atoms with Gasteiger partial charge in [-0.15, -0.1) is 0 Å². The van der Waals surface area contributed by atoms with Crippen molar-refractivity contribution < 1.29 is 24.2 Å². The number of primary amides is 1. The van der Waals surface area contributed by atoms with Crippen LogP contribution in [0.3, 0.4) is 0 Å². The molecular formula is C11H20N2O5S. The Morgan fingerprint density at radius 3 is 2.63 bits per heavy atom. The molecule has 0 heterocycles. The van der Waals surface area contributed by atoms with Crippen LogP contribution in [0.15, 0.2) is 0 Å². The highest BCUT2D eigenvalue weighted by molar-refractivity contribution is 7.99. The Kier molecular flexibility index (Phi) is 9.91. The topological polar surface area (TPSA) is 119 Å². The van der Waals surface area contributed by atoms with E-state index in [-0.39, 0.29) is 18.1 Å². The molecule has 0 saturated heterocycles. The standard InChI is InChI=1S/C11H20N2O5S/c1-18-5-2-3-8(11(16)17)13-10(15)4-6-19-7-9(12)14/h8H,2-7H2,1H3,(H2,12,14)(H,13,15)(H,16,17). The minimum atomic E-state index is -1.06. The summed E-state index contributed by atoms with van der Waals surface area (Å²) >= 11 is 1.24. The van der Waals surface area contributed by atoms with E-state index < -0.39 is 17.9 Å². The number of carboxylic acids is 1. The van der Waals surface area contributed by atoms with E-state index >= 15 is 0 Å². The highest BCUT2D eigenvalue weighted by Gasteiger charge is 2.19. The van der Waals surface area contributed by atoms with Gasteiger partial charge in [-0.05, 0) is 12.8 Å². The number of thioether (sulfide) groups is 1. The molecule has 8 heteroatoms. The summed E-state index contributed by atoms with van der Waals surface area (Å²) in [7, 11) is 1.53. The molecule has 0 aliphatic carbocycles. The van der Waals surface area contributed by atoms with Crippen molar-refractivity contribution in [3.8, 4) is 0 Å². The summed E-state index contributed by atoms with van der Waals surface area (Å²) in [6.07, 6.45) is 1.04. The first-order valence-corrected chi connectivity index (χ1v) is 7.00. The van der Waals surface area contributed by atoms with Crippen LogP contribution in [0.5, 0.6) is 0 Å². The summed E-state index contributed by atoms with van der Waals surface area (Å²) in [5.41, 5.74) is 4.95. The first-order chi connectivity index (χ1) is 8.97. The van der Waals surface area contributed by atoms with Crippen molar-refractivity contribution in [1.82, 2.24) is 5.32 Å². The third-order valence-corrected chi connectivity index (χ3v) is 3.17. The van der Waals surface area contributed by atoms with Gasteiger partial charge in [0.25, 0.3) is 0 Å². The number of ether oxygens (including phenoxy) is 1. The number of aliphatic carboxylic acids is 1. The summed E-state index contributed by atoms with van der Waals surface area (Å²) in [5, 5.41) is 11.4. The van der Waals surface area contributed by atoms with Crippen molar-refractivity contribution in [2.75, 3.05) is 25.2 Å². The Labute approximate surface area is 116 Å². The zero-order valence-electron chi connectivity index (χ0n) is 10.9. The molecule has 0 aromatic rings. The molecular weight excluding hydrogens is 272 g/mol. The molecule has 7 nitrogen and oxygen atoms in total. The number of nitrogens with one attached hydrogen (secondary N) is 1. The molecule has 0 rings (SSSR count). The van der Waals surface area contributed by atoms with Crippen molar-refractivity contribution in [3.63, 3.8) is 0 Å². The van der Waals surface area contributed by atoms with E-state index in [1.165, 1.54) is 18.9 Å². The summed E-state index contributed by atoms with van der Waals surface area (Å²) in [4.78, 5) is 32.9. The van der Waals surface area contributed by atoms with Crippen LogP contribution < -0.4 is 11.1 Å². The number of methoxy groups -OCH3 is 1. The lowest BCUT2D eigenvalue weighted by Crippen LogP contribution is -2.41. The maximum Gasteiger partial charge on any atom is 0.326 e. The second-order valence-corrected chi connectivity index (χ2v) is 4.97. The van der Waals surface area contributed by atoms with Crippen molar-refractivity contribution >= 4 is 29.5 Å². The average molecular weight is 292 g/mol. The Hall–Kier alpha value is -1.28. The SMILES string of the molecule is COCCCC(NC(=O)CCSCC(N)=O)C(=O)O. The number of hydrogen-bond donors (Lipinski definition) is 3. The van der Waals surface area contributed by atoms with Crippen LogP contribution in [0.25, 0.3) is 0 Å². The fraction of sp³-hybridized carbons (Fsp3) is 0.727. The molecule has 0 radical (unpaired) electrons. The minimum absolute atomic E-state index is 0.156. The monoisotopic (exact) mass is 292 g/mol. The van der Waals surface area contributed by atoms with E-state index in [1.54, 1.807) is 0 Å². The maximum atomic E-state index is 11.5. The van der Waals surface area contributed by atoms with Gasteiger partial charge in [-0.2, -0.15) is 11.8 Å². The van der Waals surface area contributed by atoms with Crippen LogP contribution in [0.2, 0.25) is 0 Å². The minimum Gasteiger partial charge on any atom is -0.480 e. The summed E-state index contributed by atoms with van der Waals surface area (Å²) < 4.78 is 4.83. The van der Waals surface area contributed by atoms with Crippen LogP contribution in [0, 0.1) is 0 Å². The van der Waals surface area contributed by atoms with Gasteiger partial charge in [0.05, 0.1) is 5.75 Å². The number of carbonyl (C=O) groups excluding carboxylic acids is 2. The molecule has 1 unspecified atom stereocenters. The summed E-state index contributed by atoms with van der Waals surface area (Å²) in [5.74, 6) is -1.26. The van der Waals surface area contributed by atoms with E-state index in [0.29, 0.717) is 25.2 Å². The summed E-state index contributed by atoms with van der Waals surface area (Å²) in [6.45, 7) is 0.452. The molecule has 110 valence electrons. The number of rotatable bonds is 11. The molecule has 0 saturated carbocycles. The Morgan fingerprint density at radius 1 is 1.42 bits per heavy atom. The van der Waals surface area contributed by atoms with Gasteiger partial charge in [-0.3, -0.25) is 9.59 Å². The van der Waals surface area contributed by atoms with Crippen LogP contribution in [0.1, 0.15) is 19.3 Å². The van der Waals surface area contributed by atoms with Gasteiger partial charge in [-0.1, -0.05) is 0 Å². The van der Waals surface area contributed by atoms with Crippen LogP contribution in [-0.4, -0.2) is 54.2 Å². The Balaban J connectivity index is 3.89. The Morgan fingerprint density at radius 2 is 2.11 bits per heavy atom. The molecule has 19 heavy (non-hydrogen) atoms. The highest BCUT2D eigenvalue weighted by atomic mass is 32.2. The largest absolute Gasteiger partial charge is 0.480 e. The van der Waals surface area contributed by atoms with Gasteiger partial charge >= 0.3 is 5.97 Å². The molecule has 0 aliphatic rings. The lowest BCUT2D eigenvalue weighted by molar-refractivity contribution is -0.142. The van der Waals surface area contributed by atoms with Crippen LogP contribution in [0.4, 0.5) is 0 Å². The van der Waals surface area contributed by atoms with Crippen molar-refractivity contribution in [2.45, 2.75) is 25.3 Å². The summed E-state index contributed by atoms with van der Waals surface area (Å²) in [6, 6.07) is -0.899. The maximum absolute atomic E-state index is 11.5. The quantitative estimate of drug-likeness (QED) is 0.445. The third kappa shape index (κ3) is 10.3. The van der Waals surface area contributed by atoms with Crippen molar-refractivity contribution in [1.29, 1.82) is 0 Å². The first-order valence-electron chi connectivity index (χ1n) is 5.84. The molecule has 0 aromatic carbocycles. The van der Waals surface area contributed by atoms with Gasteiger partial charge in [0.2, 0.25) is 11.8 Å². The number of hydrogen-bond acceptors (Lipinski definition) is 5. The number of nitrogens with two attached hydrogens (primary N) is 1. The second-order valence-electron chi connectivity index (χ2n) is 3.86. The van der Waals surface area contributed by atoms with Gasteiger partial charge < -0.3 is 20.9 Å². The van der Waals surface area contributed by atoms with E-state index in [4.69, 9.17) is 15.6 Å². The third-order valence-electron chi connectivity index (χ3n) is 2.19. The number of carbonyl (C=O) groups is 3. The fourth-order valence-electron chi connectivity index (χ4n) is 1.29. The van der Waals surface area contributed by atoms with Gasteiger partial charge in [0, 0.05) is 25.9 Å². The zero-order chi connectivity index (χ0) is 14.7. The van der Waals surface area contributed by atoms with Crippen molar-refractivity contribution in [2.24, 2.45) is 5.73 Å². The van der Waals surface area contributed by atoms with Crippen LogP contribution in [-0.2, 0) is 19.1 Å². The molecule has 0 fully saturated rings. The second kappa shape index (κ2) is 10.6. The normalized spacial score (nSPS) is 11.8. The van der Waals surface area contributed by atoms with Crippen molar-refractivity contribution in [3.05, 3.63) is 0 Å². The predicted octanol–water partition coefficient (Wildman–Crippen LogP) is -0.409. The molecule has 0 aromatic heterocycles. The molecule has 4 N–H and O–H groups in total. The lowest BCUT2D eigenvalue weighted by atomic mass is 10.1. The first kappa shape index (κ1) is 17.7. The van der Waals surface area contributed by atoms with Gasteiger partial charge in [-0.25, -0.2) is 4.79 Å². The zero-order valence-corrected chi connectivity index (χ0v) is 11.7. The van der Waals surface area contributed by atoms with E-state index in [0.717, 1.165) is 0 Å². The smallest absolute Gasteiger partial charge is 0.326 e. The van der Waals surface area contributed by atoms with Gasteiger partial charge in [0.1, 0.15) is 6.04 Å². The number of amides is 2. The lowest BCUT2D eigenvalue weighted by Gasteiger charge is -2.14. The molecule has 0 bridgehead atoms. The molecule has 0 aliphatic heterocycles. The van der Waals surface area contributed by atoms with Crippen LogP contribution >= 0.6 is 11.8 Å². The number of carboxylic acid groups (broad SMARTS) is 1.